The van der Waals surface area contributed by atoms with E-state index in [-0.39, 0.29) is 12.0 Å². The number of ether oxygens (including phenoxy) is 3. The Bertz CT molecular complexity index is 377. The van der Waals surface area contributed by atoms with Crippen molar-refractivity contribution >= 4 is 0 Å². The number of aliphatic hydroxyl groups is 1. The Morgan fingerprint density at radius 2 is 2.18 bits per heavy atom. The van der Waals surface area contributed by atoms with Crippen molar-refractivity contribution in [3.05, 3.63) is 29.6 Å². The molecule has 0 aromatic heterocycles. The summed E-state index contributed by atoms with van der Waals surface area (Å²) in [5.74, 6) is -0.0679. The molecule has 1 unspecified atom stereocenters. The quantitative estimate of drug-likeness (QED) is 0.871. The van der Waals surface area contributed by atoms with E-state index in [9.17, 15) is 9.50 Å². The van der Waals surface area contributed by atoms with Crippen LogP contribution in [0, 0.1) is 5.82 Å². The first kappa shape index (κ1) is 12.3. The van der Waals surface area contributed by atoms with Crippen LogP contribution in [0.1, 0.15) is 18.1 Å². The number of hydrogen-bond donors (Lipinski definition) is 1. The van der Waals surface area contributed by atoms with Gasteiger partial charge in [-0.25, -0.2) is 4.39 Å². The summed E-state index contributed by atoms with van der Waals surface area (Å²) in [4.78, 5) is 0. The van der Waals surface area contributed by atoms with Gasteiger partial charge in [-0.3, -0.25) is 0 Å². The minimum Gasteiger partial charge on any atom is -0.497 e. The maximum absolute atomic E-state index is 13.6. The van der Waals surface area contributed by atoms with E-state index in [1.54, 1.807) is 6.07 Å². The van der Waals surface area contributed by atoms with E-state index < -0.39 is 18.2 Å². The number of aliphatic hydroxyl groups excluding tert-OH is 1. The molecule has 1 aliphatic rings. The van der Waals surface area contributed by atoms with E-state index in [1.165, 1.54) is 19.2 Å². The molecule has 0 saturated carbocycles. The van der Waals surface area contributed by atoms with Crippen LogP contribution in [-0.2, 0) is 9.47 Å². The molecule has 0 spiro atoms. The molecule has 1 aromatic rings. The zero-order valence-corrected chi connectivity index (χ0v) is 9.56. The zero-order valence-electron chi connectivity index (χ0n) is 9.56. The summed E-state index contributed by atoms with van der Waals surface area (Å²) in [5, 5.41) is 9.88. The Morgan fingerprint density at radius 3 is 2.76 bits per heavy atom. The Labute approximate surface area is 98.9 Å². The minimum atomic E-state index is -0.941. The second kappa shape index (κ2) is 5.44. The van der Waals surface area contributed by atoms with Crippen molar-refractivity contribution in [1.29, 1.82) is 0 Å². The highest BCUT2D eigenvalue weighted by atomic mass is 19.1. The first-order chi connectivity index (χ1) is 8.20. The van der Waals surface area contributed by atoms with Crippen LogP contribution < -0.4 is 4.74 Å². The predicted octanol–water partition coefficient (Wildman–Crippen LogP) is 1.63. The van der Waals surface area contributed by atoms with E-state index >= 15 is 0 Å². The molecular weight excluding hydrogens is 227 g/mol. The lowest BCUT2D eigenvalue weighted by atomic mass is 10.1. The Hall–Kier alpha value is -1.17. The molecule has 1 heterocycles. The smallest absolute Gasteiger partial charge is 0.160 e. The predicted molar refractivity (Wildman–Crippen MR) is 58.2 cm³/mol. The fourth-order valence-corrected chi connectivity index (χ4v) is 1.76. The second-order valence-corrected chi connectivity index (χ2v) is 3.81. The number of benzene rings is 1. The van der Waals surface area contributed by atoms with Crippen LogP contribution in [0.4, 0.5) is 4.39 Å². The lowest BCUT2D eigenvalue weighted by Gasteiger charge is -2.16. The number of halogens is 1. The molecule has 1 fully saturated rings. The molecule has 0 radical (unpaired) electrons. The topological polar surface area (TPSA) is 47.9 Å². The van der Waals surface area contributed by atoms with Crippen molar-refractivity contribution in [2.24, 2.45) is 0 Å². The molecule has 17 heavy (non-hydrogen) atoms. The van der Waals surface area contributed by atoms with Crippen molar-refractivity contribution in [2.45, 2.75) is 18.8 Å². The van der Waals surface area contributed by atoms with Gasteiger partial charge >= 0.3 is 0 Å². The summed E-state index contributed by atoms with van der Waals surface area (Å²) < 4.78 is 28.9. The third-order valence-corrected chi connectivity index (χ3v) is 2.67. The van der Waals surface area contributed by atoms with Crippen LogP contribution in [0.2, 0.25) is 0 Å². The highest BCUT2D eigenvalue weighted by Gasteiger charge is 2.23. The minimum absolute atomic E-state index is 0.225. The van der Waals surface area contributed by atoms with E-state index in [0.29, 0.717) is 19.0 Å². The molecule has 1 aromatic carbocycles. The van der Waals surface area contributed by atoms with Crippen molar-refractivity contribution in [1.82, 2.24) is 0 Å². The molecule has 1 N–H and O–H groups in total. The monoisotopic (exact) mass is 242 g/mol. The Balaban J connectivity index is 2.04. The molecule has 0 amide bonds. The van der Waals surface area contributed by atoms with Crippen LogP contribution in [0.5, 0.6) is 5.75 Å². The number of methoxy groups -OCH3 is 1. The van der Waals surface area contributed by atoms with Crippen LogP contribution in [0.3, 0.4) is 0 Å². The molecule has 0 aliphatic carbocycles. The molecule has 0 bridgehead atoms. The average Bonchev–Trinajstić information content (AvgIpc) is 2.81. The van der Waals surface area contributed by atoms with Crippen molar-refractivity contribution in [2.75, 3.05) is 20.3 Å². The van der Waals surface area contributed by atoms with E-state index in [4.69, 9.17) is 14.2 Å². The normalized spacial score (nSPS) is 18.3. The highest BCUT2D eigenvalue weighted by molar-refractivity contribution is 5.30. The average molecular weight is 242 g/mol. The van der Waals surface area contributed by atoms with E-state index in [1.807, 2.05) is 0 Å². The maximum atomic E-state index is 13.6. The van der Waals surface area contributed by atoms with Gasteiger partial charge in [0.15, 0.2) is 6.29 Å². The molecule has 5 heteroatoms. The third-order valence-electron chi connectivity index (χ3n) is 2.67. The number of hydrogen-bond acceptors (Lipinski definition) is 4. The van der Waals surface area contributed by atoms with Gasteiger partial charge in [-0.05, 0) is 12.1 Å². The molecule has 1 atom stereocenters. The fraction of sp³-hybridized carbons (Fsp3) is 0.500. The number of rotatable bonds is 4. The van der Waals surface area contributed by atoms with Gasteiger partial charge in [0, 0.05) is 18.1 Å². The largest absolute Gasteiger partial charge is 0.497 e. The third kappa shape index (κ3) is 2.94. The second-order valence-electron chi connectivity index (χ2n) is 3.81. The van der Waals surface area contributed by atoms with Gasteiger partial charge < -0.3 is 19.3 Å². The first-order valence-electron chi connectivity index (χ1n) is 5.45. The fourth-order valence-electron chi connectivity index (χ4n) is 1.76. The highest BCUT2D eigenvalue weighted by Crippen LogP contribution is 2.26. The van der Waals surface area contributed by atoms with Gasteiger partial charge in [-0.15, -0.1) is 0 Å². The summed E-state index contributed by atoms with van der Waals surface area (Å²) in [5.41, 5.74) is 0.227. The lowest BCUT2D eigenvalue weighted by molar-refractivity contribution is -0.0711. The maximum Gasteiger partial charge on any atom is 0.160 e. The van der Waals surface area contributed by atoms with Crippen molar-refractivity contribution in [3.63, 3.8) is 0 Å². The van der Waals surface area contributed by atoms with Crippen LogP contribution in [0.15, 0.2) is 18.2 Å². The van der Waals surface area contributed by atoms with Gasteiger partial charge in [-0.2, -0.15) is 0 Å². The first-order valence-corrected chi connectivity index (χ1v) is 5.45. The molecule has 1 aliphatic heterocycles. The SMILES string of the molecule is COc1ccc(C(O)CC2OCCO2)c(F)c1. The van der Waals surface area contributed by atoms with E-state index in [0.717, 1.165) is 0 Å². The van der Waals surface area contributed by atoms with Gasteiger partial charge in [0.05, 0.1) is 26.4 Å². The van der Waals surface area contributed by atoms with Crippen LogP contribution >= 0.6 is 0 Å². The Morgan fingerprint density at radius 1 is 1.47 bits per heavy atom. The van der Waals surface area contributed by atoms with Gasteiger partial charge in [0.2, 0.25) is 0 Å². The molecule has 2 rings (SSSR count). The van der Waals surface area contributed by atoms with Crippen molar-refractivity contribution in [3.8, 4) is 5.75 Å². The lowest BCUT2D eigenvalue weighted by Crippen LogP contribution is -2.14. The van der Waals surface area contributed by atoms with Gasteiger partial charge in [0.25, 0.3) is 0 Å². The molecule has 4 nitrogen and oxygen atoms in total. The summed E-state index contributed by atoms with van der Waals surface area (Å²) in [7, 11) is 1.46. The van der Waals surface area contributed by atoms with Gasteiger partial charge in [0.1, 0.15) is 11.6 Å². The summed E-state index contributed by atoms with van der Waals surface area (Å²) in [6.45, 7) is 1.03. The van der Waals surface area contributed by atoms with Gasteiger partial charge in [-0.1, -0.05) is 0 Å². The summed E-state index contributed by atoms with van der Waals surface area (Å²) in [6.07, 6.45) is -1.17. The zero-order chi connectivity index (χ0) is 12.3. The van der Waals surface area contributed by atoms with Crippen LogP contribution in [-0.4, -0.2) is 31.7 Å². The molecular formula is C12H15FO4. The van der Waals surface area contributed by atoms with Crippen LogP contribution in [0.25, 0.3) is 0 Å². The van der Waals surface area contributed by atoms with Crippen molar-refractivity contribution < 1.29 is 23.7 Å². The van der Waals surface area contributed by atoms with E-state index in [2.05, 4.69) is 0 Å². The summed E-state index contributed by atoms with van der Waals surface area (Å²) >= 11 is 0. The standard InChI is InChI=1S/C12H15FO4/c1-15-8-2-3-9(10(13)6-8)11(14)7-12-16-4-5-17-12/h2-3,6,11-12,14H,4-5,7H2,1H3. The molecule has 1 saturated heterocycles. The Kier molecular flexibility index (Phi) is 3.93. The molecule has 94 valence electrons. The summed E-state index contributed by atoms with van der Waals surface area (Å²) in [6, 6.07) is 4.36.